The number of allylic oxidation sites excluding steroid dienone is 2. The van der Waals surface area contributed by atoms with Gasteiger partial charge in [0.25, 0.3) is 0 Å². The van der Waals surface area contributed by atoms with Crippen LogP contribution in [0.5, 0.6) is 0 Å². The van der Waals surface area contributed by atoms with Gasteiger partial charge in [-0.3, -0.25) is 0 Å². The molecule has 0 fully saturated rings. The van der Waals surface area contributed by atoms with Gasteiger partial charge in [0.15, 0.2) is 0 Å². The fourth-order valence-corrected chi connectivity index (χ4v) is 7.30. The summed E-state index contributed by atoms with van der Waals surface area (Å²) < 4.78 is 6.21. The lowest BCUT2D eigenvalue weighted by Gasteiger charge is -2.45. The second-order valence-corrected chi connectivity index (χ2v) is 12.3. The highest BCUT2D eigenvalue weighted by Crippen LogP contribution is 2.51. The number of nitrogens with zero attached hydrogens (tertiary/aromatic N) is 1. The standard InChI is InChI=1S/C36H59N3O5/c1-7-11-12-13-14-15-16-17-18-19-20-21-28(44-10-4)24-29-30(22-27(37)23-31(29)38)36(8-2)32(34(40)41)25(5)39(9-3)26(6)33(36)35(42)43/h22-23,28H,7-21,24,37-38H2,1-6H3,(H,40,41)(H,42,43). The van der Waals surface area contributed by atoms with E-state index in [2.05, 4.69) is 6.92 Å². The molecule has 44 heavy (non-hydrogen) atoms. The zero-order chi connectivity index (χ0) is 32.9. The molecule has 1 unspecified atom stereocenters. The van der Waals surface area contributed by atoms with Crippen LogP contribution in [0.4, 0.5) is 11.4 Å². The molecule has 1 atom stereocenters. The van der Waals surface area contributed by atoms with Crippen molar-refractivity contribution in [2.75, 3.05) is 24.6 Å². The normalized spacial score (nSPS) is 15.6. The number of nitrogens with two attached hydrogens (primary N) is 2. The van der Waals surface area contributed by atoms with Crippen molar-refractivity contribution >= 4 is 23.3 Å². The summed E-state index contributed by atoms with van der Waals surface area (Å²) in [4.78, 5) is 27.8. The third-order valence-electron chi connectivity index (χ3n) is 9.39. The van der Waals surface area contributed by atoms with Crippen LogP contribution in [0.3, 0.4) is 0 Å². The maximum absolute atomic E-state index is 13.0. The third kappa shape index (κ3) is 8.80. The fourth-order valence-electron chi connectivity index (χ4n) is 7.30. The Bertz CT molecular complexity index is 1130. The van der Waals surface area contributed by atoms with Gasteiger partial charge in [0.05, 0.1) is 22.7 Å². The second-order valence-electron chi connectivity index (χ2n) is 12.3. The molecule has 0 radical (unpaired) electrons. The average Bonchev–Trinajstić information content (AvgIpc) is 2.96. The summed E-state index contributed by atoms with van der Waals surface area (Å²) >= 11 is 0. The Morgan fingerprint density at radius 3 is 1.75 bits per heavy atom. The first-order valence-corrected chi connectivity index (χ1v) is 17.0. The lowest BCUT2D eigenvalue weighted by molar-refractivity contribution is -0.134. The first kappa shape index (κ1) is 37.2. The Kier molecular flexibility index (Phi) is 15.3. The Labute approximate surface area is 265 Å². The Morgan fingerprint density at radius 2 is 1.32 bits per heavy atom. The lowest BCUT2D eigenvalue weighted by Crippen LogP contribution is -2.46. The molecule has 0 aliphatic carbocycles. The average molecular weight is 614 g/mol. The summed E-state index contributed by atoms with van der Waals surface area (Å²) in [5.41, 5.74) is 14.7. The summed E-state index contributed by atoms with van der Waals surface area (Å²) in [6.07, 6.45) is 15.3. The van der Waals surface area contributed by atoms with Gasteiger partial charge >= 0.3 is 11.9 Å². The molecule has 248 valence electrons. The summed E-state index contributed by atoms with van der Waals surface area (Å²) in [6.45, 7) is 12.4. The van der Waals surface area contributed by atoms with Crippen LogP contribution in [0, 0.1) is 0 Å². The van der Waals surface area contributed by atoms with Crippen molar-refractivity contribution in [1.29, 1.82) is 0 Å². The lowest BCUT2D eigenvalue weighted by atomic mass is 9.62. The van der Waals surface area contributed by atoms with Gasteiger partial charge in [0.2, 0.25) is 0 Å². The SMILES string of the molecule is CCCCCCCCCCCCCC(Cc1c(N)cc(N)cc1C1(CC)C(C(=O)O)=C(C)N(CC)C(C)=C1C(=O)O)OCC. The number of carbonyl (C=O) groups is 2. The number of hydrogen-bond donors (Lipinski definition) is 4. The van der Waals surface area contributed by atoms with Gasteiger partial charge in [0, 0.05) is 42.3 Å². The molecule has 1 heterocycles. The molecule has 1 aromatic carbocycles. The summed E-state index contributed by atoms with van der Waals surface area (Å²) in [7, 11) is 0. The van der Waals surface area contributed by atoms with Crippen LogP contribution in [0.25, 0.3) is 0 Å². The molecule has 0 spiro atoms. The predicted octanol–water partition coefficient (Wildman–Crippen LogP) is 8.20. The van der Waals surface area contributed by atoms with Crippen molar-refractivity contribution in [3.63, 3.8) is 0 Å². The minimum absolute atomic E-state index is 0.0504. The molecule has 0 saturated heterocycles. The molecule has 0 saturated carbocycles. The predicted molar refractivity (Wildman–Crippen MR) is 180 cm³/mol. The number of aliphatic carboxylic acids is 2. The van der Waals surface area contributed by atoms with Crippen LogP contribution in [0.15, 0.2) is 34.7 Å². The van der Waals surface area contributed by atoms with Crippen molar-refractivity contribution < 1.29 is 24.5 Å². The minimum atomic E-state index is -1.44. The number of carboxylic acid groups (broad SMARTS) is 2. The number of anilines is 2. The zero-order valence-electron chi connectivity index (χ0n) is 28.3. The molecule has 2 rings (SSSR count). The van der Waals surface area contributed by atoms with E-state index in [-0.39, 0.29) is 23.7 Å². The van der Waals surface area contributed by atoms with Crippen molar-refractivity contribution in [1.82, 2.24) is 4.90 Å². The largest absolute Gasteiger partial charge is 0.478 e. The van der Waals surface area contributed by atoms with Crippen molar-refractivity contribution in [3.05, 3.63) is 45.8 Å². The van der Waals surface area contributed by atoms with E-state index in [1.807, 2.05) is 20.8 Å². The maximum atomic E-state index is 13.0. The highest BCUT2D eigenvalue weighted by molar-refractivity contribution is 6.01. The molecule has 0 amide bonds. The van der Waals surface area contributed by atoms with E-state index in [4.69, 9.17) is 16.2 Å². The molecule has 0 aromatic heterocycles. The van der Waals surface area contributed by atoms with Gasteiger partial charge in [0.1, 0.15) is 0 Å². The van der Waals surface area contributed by atoms with Crippen molar-refractivity contribution in [3.8, 4) is 0 Å². The number of benzene rings is 1. The minimum Gasteiger partial charge on any atom is -0.478 e. The summed E-state index contributed by atoms with van der Waals surface area (Å²) in [6, 6.07) is 3.41. The smallest absolute Gasteiger partial charge is 0.334 e. The highest BCUT2D eigenvalue weighted by Gasteiger charge is 2.51. The van der Waals surface area contributed by atoms with Crippen LogP contribution in [0.2, 0.25) is 0 Å². The van der Waals surface area contributed by atoms with Gasteiger partial charge in [-0.1, -0.05) is 84.5 Å². The van der Waals surface area contributed by atoms with Crippen LogP contribution in [-0.2, 0) is 26.2 Å². The number of hydrogen-bond acceptors (Lipinski definition) is 6. The zero-order valence-corrected chi connectivity index (χ0v) is 28.3. The number of unbranched alkanes of at least 4 members (excludes halogenated alkanes) is 10. The van der Waals surface area contributed by atoms with E-state index in [0.29, 0.717) is 53.5 Å². The maximum Gasteiger partial charge on any atom is 0.334 e. The van der Waals surface area contributed by atoms with Crippen molar-refractivity contribution in [2.45, 2.75) is 143 Å². The second kappa shape index (κ2) is 18.1. The molecule has 1 aromatic rings. The number of ether oxygens (including phenoxy) is 1. The van der Waals surface area contributed by atoms with Gasteiger partial charge in [-0.2, -0.15) is 0 Å². The van der Waals surface area contributed by atoms with E-state index < -0.39 is 17.4 Å². The van der Waals surface area contributed by atoms with Crippen LogP contribution in [0.1, 0.15) is 136 Å². The van der Waals surface area contributed by atoms with Crippen molar-refractivity contribution in [2.24, 2.45) is 0 Å². The molecular weight excluding hydrogens is 554 g/mol. The molecule has 8 heteroatoms. The Balaban J connectivity index is 2.39. The number of rotatable bonds is 21. The monoisotopic (exact) mass is 613 g/mol. The molecular formula is C36H59N3O5. The van der Waals surface area contributed by atoms with E-state index in [1.54, 1.807) is 30.9 Å². The van der Waals surface area contributed by atoms with E-state index >= 15 is 0 Å². The quantitative estimate of drug-likeness (QED) is 0.0804. The van der Waals surface area contributed by atoms with E-state index in [9.17, 15) is 19.8 Å². The topological polar surface area (TPSA) is 139 Å². The molecule has 1 aliphatic heterocycles. The number of carboxylic acids is 2. The molecule has 1 aliphatic rings. The third-order valence-corrected chi connectivity index (χ3v) is 9.39. The first-order valence-electron chi connectivity index (χ1n) is 17.0. The van der Waals surface area contributed by atoms with Crippen LogP contribution in [-0.4, -0.2) is 46.3 Å². The van der Waals surface area contributed by atoms with Crippen LogP contribution >= 0.6 is 0 Å². The summed E-state index contributed by atoms with van der Waals surface area (Å²) in [5, 5.41) is 21.2. The van der Waals surface area contributed by atoms with Gasteiger partial charge in [-0.25, -0.2) is 9.59 Å². The van der Waals surface area contributed by atoms with Crippen LogP contribution < -0.4 is 11.5 Å². The Hall–Kier alpha value is -3.00. The van der Waals surface area contributed by atoms with E-state index in [1.165, 1.54) is 57.8 Å². The Morgan fingerprint density at radius 1 is 0.818 bits per heavy atom. The molecule has 6 N–H and O–H groups in total. The fraction of sp³-hybridized carbons (Fsp3) is 0.667. The van der Waals surface area contributed by atoms with Gasteiger partial charge in [-0.05, 0) is 63.8 Å². The number of nitrogen functional groups attached to an aromatic ring is 2. The highest BCUT2D eigenvalue weighted by atomic mass is 16.5. The molecule has 0 bridgehead atoms. The van der Waals surface area contributed by atoms with Gasteiger partial charge < -0.3 is 31.3 Å². The first-order chi connectivity index (χ1) is 21.0. The molecule has 8 nitrogen and oxygen atoms in total. The summed E-state index contributed by atoms with van der Waals surface area (Å²) in [5.74, 6) is -2.30. The van der Waals surface area contributed by atoms with Gasteiger partial charge in [-0.15, -0.1) is 0 Å². The van der Waals surface area contributed by atoms with E-state index in [0.717, 1.165) is 19.3 Å².